The van der Waals surface area contributed by atoms with Crippen LogP contribution in [0.5, 0.6) is 0 Å². The van der Waals surface area contributed by atoms with Crippen molar-refractivity contribution in [2.24, 2.45) is 0 Å². The predicted octanol–water partition coefficient (Wildman–Crippen LogP) is 4.99. The van der Waals surface area contributed by atoms with Crippen LogP contribution in [0.4, 0.5) is 0 Å². The van der Waals surface area contributed by atoms with E-state index in [0.717, 1.165) is 6.61 Å². The molecule has 19 heavy (non-hydrogen) atoms. The number of hydrogen-bond acceptors (Lipinski definition) is 2. The SMILES string of the molecule is CCCCO[Si](C)(C)CCCN[Si](CC)(CC)CC. The molecule has 0 amide bonds. The third-order valence-corrected chi connectivity index (χ3v) is 12.1. The summed E-state index contributed by atoms with van der Waals surface area (Å²) in [6.07, 6.45) is 3.75. The van der Waals surface area contributed by atoms with E-state index in [-0.39, 0.29) is 0 Å². The van der Waals surface area contributed by atoms with Gasteiger partial charge < -0.3 is 9.41 Å². The van der Waals surface area contributed by atoms with Crippen molar-refractivity contribution in [2.75, 3.05) is 13.2 Å². The lowest BCUT2D eigenvalue weighted by molar-refractivity contribution is 0.298. The normalized spacial score (nSPS) is 12.9. The topological polar surface area (TPSA) is 21.3 Å². The molecule has 0 atom stereocenters. The van der Waals surface area contributed by atoms with Crippen LogP contribution >= 0.6 is 0 Å². The molecule has 0 bridgehead atoms. The van der Waals surface area contributed by atoms with Crippen LogP contribution in [0.15, 0.2) is 0 Å². The second-order valence-corrected chi connectivity index (χ2v) is 15.7. The molecule has 4 heteroatoms. The molecule has 0 aromatic carbocycles. The van der Waals surface area contributed by atoms with Gasteiger partial charge in [-0.1, -0.05) is 34.1 Å². The van der Waals surface area contributed by atoms with Crippen LogP contribution in [0.3, 0.4) is 0 Å². The molecule has 1 N–H and O–H groups in total. The van der Waals surface area contributed by atoms with Crippen molar-refractivity contribution in [1.29, 1.82) is 0 Å². The first-order chi connectivity index (χ1) is 8.95. The Balaban J connectivity index is 3.88. The Kier molecular flexibility index (Phi) is 10.3. The number of unbranched alkanes of at least 4 members (excludes halogenated alkanes) is 1. The molecule has 2 nitrogen and oxygen atoms in total. The van der Waals surface area contributed by atoms with E-state index in [0.29, 0.717) is 0 Å². The Morgan fingerprint density at radius 3 is 1.95 bits per heavy atom. The molecule has 0 aromatic heterocycles. The second kappa shape index (κ2) is 10.1. The molecule has 0 unspecified atom stereocenters. The molecule has 0 rings (SSSR count). The molecular weight excluding hydrogens is 266 g/mol. The zero-order valence-corrected chi connectivity index (χ0v) is 16.3. The molecule has 0 saturated carbocycles. The third-order valence-electron chi connectivity index (χ3n) is 4.48. The molecule has 0 aliphatic heterocycles. The molecule has 0 fully saturated rings. The average molecular weight is 304 g/mol. The highest BCUT2D eigenvalue weighted by Crippen LogP contribution is 2.18. The maximum atomic E-state index is 6.10. The van der Waals surface area contributed by atoms with E-state index in [4.69, 9.17) is 4.43 Å². The zero-order chi connectivity index (χ0) is 14.8. The minimum absolute atomic E-state index is 0.973. The van der Waals surface area contributed by atoms with Gasteiger partial charge >= 0.3 is 0 Å². The third kappa shape index (κ3) is 8.28. The lowest BCUT2D eigenvalue weighted by Crippen LogP contribution is -2.49. The van der Waals surface area contributed by atoms with Crippen molar-refractivity contribution in [2.45, 2.75) is 84.2 Å². The fraction of sp³-hybridized carbons (Fsp3) is 1.00. The van der Waals surface area contributed by atoms with Gasteiger partial charge in [-0.2, -0.15) is 0 Å². The van der Waals surface area contributed by atoms with Crippen LogP contribution in [-0.2, 0) is 4.43 Å². The van der Waals surface area contributed by atoms with Crippen molar-refractivity contribution in [3.63, 3.8) is 0 Å². The molecule has 0 spiro atoms. The maximum absolute atomic E-state index is 6.10. The summed E-state index contributed by atoms with van der Waals surface area (Å²) in [6.45, 7) is 16.2. The molecule has 0 aliphatic carbocycles. The predicted molar refractivity (Wildman–Crippen MR) is 93.0 cm³/mol. The van der Waals surface area contributed by atoms with Crippen LogP contribution in [0.2, 0.25) is 37.3 Å². The van der Waals surface area contributed by atoms with Gasteiger partial charge in [0.2, 0.25) is 0 Å². The van der Waals surface area contributed by atoms with Crippen molar-refractivity contribution >= 4 is 16.6 Å². The first-order valence-electron chi connectivity index (χ1n) is 8.34. The van der Waals surface area contributed by atoms with E-state index in [1.54, 1.807) is 0 Å². The monoisotopic (exact) mass is 303 g/mol. The summed E-state index contributed by atoms with van der Waals surface area (Å²) < 4.78 is 6.10. The molecule has 0 saturated heterocycles. The van der Waals surface area contributed by atoms with Crippen molar-refractivity contribution in [3.05, 3.63) is 0 Å². The lowest BCUT2D eigenvalue weighted by atomic mass is 10.4. The number of nitrogens with one attached hydrogen (secondary N) is 1. The first kappa shape index (κ1) is 19.4. The molecule has 0 heterocycles. The van der Waals surface area contributed by atoms with E-state index in [1.807, 2.05) is 0 Å². The van der Waals surface area contributed by atoms with Gasteiger partial charge in [0.05, 0.1) is 0 Å². The summed E-state index contributed by atoms with van der Waals surface area (Å²) in [4.78, 5) is 3.93. The quantitative estimate of drug-likeness (QED) is 0.405. The molecule has 0 radical (unpaired) electrons. The van der Waals surface area contributed by atoms with E-state index in [9.17, 15) is 0 Å². The van der Waals surface area contributed by atoms with Crippen LogP contribution in [0, 0.1) is 0 Å². The van der Waals surface area contributed by atoms with Gasteiger partial charge in [0.1, 0.15) is 8.24 Å². The van der Waals surface area contributed by atoms with Crippen molar-refractivity contribution < 1.29 is 4.43 Å². The summed E-state index contributed by atoms with van der Waals surface area (Å²) in [6, 6.07) is 5.40. The Hall–Kier alpha value is 0.354. The van der Waals surface area contributed by atoms with Crippen LogP contribution in [-0.4, -0.2) is 29.7 Å². The first-order valence-corrected chi connectivity index (χ1v) is 14.1. The minimum atomic E-state index is -1.39. The summed E-state index contributed by atoms with van der Waals surface area (Å²) in [7, 11) is -2.51. The van der Waals surface area contributed by atoms with Gasteiger partial charge in [0.25, 0.3) is 0 Å². The molecule has 0 aromatic rings. The standard InChI is InChI=1S/C15H37NOSi2/c1-7-11-14-17-18(5,6)15-12-13-16-19(8-2,9-3)10-4/h16H,7-15H2,1-6H3. The van der Waals surface area contributed by atoms with E-state index < -0.39 is 16.6 Å². The summed E-state index contributed by atoms with van der Waals surface area (Å²) in [5, 5.41) is 0. The second-order valence-electron chi connectivity index (χ2n) is 6.33. The van der Waals surface area contributed by atoms with Crippen LogP contribution in [0.1, 0.15) is 47.0 Å². The highest BCUT2D eigenvalue weighted by atomic mass is 28.4. The van der Waals surface area contributed by atoms with Crippen molar-refractivity contribution in [1.82, 2.24) is 4.98 Å². The van der Waals surface area contributed by atoms with E-state index in [2.05, 4.69) is 45.8 Å². The zero-order valence-electron chi connectivity index (χ0n) is 14.3. The Labute approximate surface area is 123 Å². The van der Waals surface area contributed by atoms with Gasteiger partial charge in [-0.05, 0) is 56.7 Å². The fourth-order valence-electron chi connectivity index (χ4n) is 2.56. The van der Waals surface area contributed by atoms with Gasteiger partial charge in [-0.15, -0.1) is 0 Å². The fourth-order valence-corrected chi connectivity index (χ4v) is 7.38. The van der Waals surface area contributed by atoms with Gasteiger partial charge in [0, 0.05) is 6.61 Å². The largest absolute Gasteiger partial charge is 0.417 e. The summed E-state index contributed by atoms with van der Waals surface area (Å²) >= 11 is 0. The lowest BCUT2D eigenvalue weighted by Gasteiger charge is -2.30. The summed E-state index contributed by atoms with van der Waals surface area (Å²) in [5.74, 6) is 0. The molecular formula is C15H37NOSi2. The summed E-state index contributed by atoms with van der Waals surface area (Å²) in [5.41, 5.74) is 0. The number of hydrogen-bond donors (Lipinski definition) is 1. The van der Waals surface area contributed by atoms with Crippen LogP contribution < -0.4 is 4.98 Å². The highest BCUT2D eigenvalue weighted by molar-refractivity contribution is 6.77. The maximum Gasteiger partial charge on any atom is 0.186 e. The van der Waals surface area contributed by atoms with Gasteiger partial charge in [0.15, 0.2) is 8.32 Å². The van der Waals surface area contributed by atoms with Crippen molar-refractivity contribution in [3.8, 4) is 0 Å². The smallest absolute Gasteiger partial charge is 0.186 e. The van der Waals surface area contributed by atoms with E-state index >= 15 is 0 Å². The average Bonchev–Trinajstić information content (AvgIpc) is 2.40. The Bertz CT molecular complexity index is 210. The molecule has 0 aliphatic rings. The van der Waals surface area contributed by atoms with Gasteiger partial charge in [-0.3, -0.25) is 0 Å². The Morgan fingerprint density at radius 1 is 0.895 bits per heavy atom. The Morgan fingerprint density at radius 2 is 1.47 bits per heavy atom. The van der Waals surface area contributed by atoms with Crippen LogP contribution in [0.25, 0.3) is 0 Å². The minimum Gasteiger partial charge on any atom is -0.417 e. The van der Waals surface area contributed by atoms with E-state index in [1.165, 1.54) is 50.0 Å². The van der Waals surface area contributed by atoms with Gasteiger partial charge in [-0.25, -0.2) is 0 Å². The molecule has 116 valence electrons. The number of rotatable bonds is 12. The highest BCUT2D eigenvalue weighted by Gasteiger charge is 2.27.